The molecule has 0 spiro atoms. The summed E-state index contributed by atoms with van der Waals surface area (Å²) in [4.78, 5) is 4.32. The van der Waals surface area contributed by atoms with Crippen molar-refractivity contribution in [2.45, 2.75) is 0 Å². The fourth-order valence-electron chi connectivity index (χ4n) is 3.45. The van der Waals surface area contributed by atoms with E-state index in [0.29, 0.717) is 0 Å². The summed E-state index contributed by atoms with van der Waals surface area (Å²) in [5.41, 5.74) is 15.6. The van der Waals surface area contributed by atoms with Crippen LogP contribution >= 0.6 is 0 Å². The summed E-state index contributed by atoms with van der Waals surface area (Å²) in [5, 5.41) is 4.66. The number of rotatable bonds is 2. The SMILES string of the molecule is CN(C)c1cccc2cccc(N(C)C)c12.Nc1cccc2cccc(N)c12. The Hall–Kier alpha value is -3.40. The lowest BCUT2D eigenvalue weighted by Gasteiger charge is -2.21. The molecule has 0 aromatic heterocycles. The third-order valence-electron chi connectivity index (χ3n) is 4.79. The molecule has 4 aromatic rings. The van der Waals surface area contributed by atoms with Crippen LogP contribution in [0, 0.1) is 0 Å². The number of hydrogen-bond acceptors (Lipinski definition) is 4. The monoisotopic (exact) mass is 372 g/mol. The maximum Gasteiger partial charge on any atom is 0.0461 e. The lowest BCUT2D eigenvalue weighted by Crippen LogP contribution is -2.13. The van der Waals surface area contributed by atoms with E-state index in [0.717, 1.165) is 22.1 Å². The lowest BCUT2D eigenvalue weighted by molar-refractivity contribution is 1.12. The van der Waals surface area contributed by atoms with E-state index >= 15 is 0 Å². The Morgan fingerprint density at radius 2 is 0.857 bits per heavy atom. The minimum atomic E-state index is 0.741. The third-order valence-corrected chi connectivity index (χ3v) is 4.79. The Morgan fingerprint density at radius 1 is 0.500 bits per heavy atom. The molecule has 4 N–H and O–H groups in total. The van der Waals surface area contributed by atoms with E-state index in [9.17, 15) is 0 Å². The summed E-state index contributed by atoms with van der Waals surface area (Å²) in [6, 6.07) is 24.4. The van der Waals surface area contributed by atoms with Gasteiger partial charge in [0.15, 0.2) is 0 Å². The standard InChI is InChI=1S/C14H18N2.C10H10N2/c1-15(2)12-9-5-7-11-8-6-10-13(14(11)12)16(3)4;11-8-5-1-3-7-4-2-6-9(12)10(7)8/h5-10H,1-4H3;1-6H,11-12H2. The number of benzene rings is 4. The van der Waals surface area contributed by atoms with Gasteiger partial charge < -0.3 is 21.3 Å². The van der Waals surface area contributed by atoms with Crippen LogP contribution in [0.15, 0.2) is 72.8 Å². The third kappa shape index (κ3) is 3.81. The zero-order valence-corrected chi connectivity index (χ0v) is 17.0. The molecule has 0 amide bonds. The summed E-state index contributed by atoms with van der Waals surface area (Å²) in [7, 11) is 8.34. The molecular formula is C24H28N4. The number of nitrogen functional groups attached to an aromatic ring is 2. The molecule has 0 atom stereocenters. The van der Waals surface area contributed by atoms with Gasteiger partial charge in [0.2, 0.25) is 0 Å². The Kier molecular flexibility index (Phi) is 5.59. The Balaban J connectivity index is 0.000000167. The highest BCUT2D eigenvalue weighted by Gasteiger charge is 2.08. The highest BCUT2D eigenvalue weighted by molar-refractivity contribution is 6.03. The van der Waals surface area contributed by atoms with Crippen LogP contribution in [-0.2, 0) is 0 Å². The average molecular weight is 373 g/mol. The average Bonchev–Trinajstić information content (AvgIpc) is 2.67. The second kappa shape index (κ2) is 8.09. The van der Waals surface area contributed by atoms with Crippen LogP contribution in [0.25, 0.3) is 21.5 Å². The Morgan fingerprint density at radius 3 is 1.21 bits per heavy atom. The number of hydrogen-bond donors (Lipinski definition) is 2. The van der Waals surface area contributed by atoms with Crippen molar-refractivity contribution in [3.63, 3.8) is 0 Å². The van der Waals surface area contributed by atoms with Crippen LogP contribution < -0.4 is 21.3 Å². The van der Waals surface area contributed by atoms with E-state index in [1.54, 1.807) is 0 Å². The maximum absolute atomic E-state index is 5.78. The van der Waals surface area contributed by atoms with E-state index in [1.807, 2.05) is 36.4 Å². The molecule has 28 heavy (non-hydrogen) atoms. The first-order chi connectivity index (χ1) is 13.4. The number of nitrogens with two attached hydrogens (primary N) is 2. The topological polar surface area (TPSA) is 58.5 Å². The first kappa shape index (κ1) is 19.4. The quantitative estimate of drug-likeness (QED) is 0.488. The molecule has 0 radical (unpaired) electrons. The zero-order valence-electron chi connectivity index (χ0n) is 17.0. The number of anilines is 4. The molecule has 0 saturated carbocycles. The number of fused-ring (bicyclic) bond motifs is 2. The molecule has 0 saturated heterocycles. The molecule has 0 aliphatic heterocycles. The zero-order chi connectivity index (χ0) is 20.3. The predicted molar refractivity (Wildman–Crippen MR) is 125 cm³/mol. The minimum absolute atomic E-state index is 0.741. The van der Waals surface area contributed by atoms with E-state index in [1.165, 1.54) is 22.1 Å². The van der Waals surface area contributed by atoms with Crippen molar-refractivity contribution < 1.29 is 0 Å². The van der Waals surface area contributed by atoms with Gasteiger partial charge in [-0.3, -0.25) is 0 Å². The summed E-state index contributed by atoms with van der Waals surface area (Å²) in [6.45, 7) is 0. The van der Waals surface area contributed by atoms with Gasteiger partial charge in [0, 0.05) is 61.7 Å². The minimum Gasteiger partial charge on any atom is -0.398 e. The molecule has 0 fully saturated rings. The molecule has 4 rings (SSSR count). The Labute approximate surface area is 167 Å². The van der Waals surface area contributed by atoms with E-state index in [2.05, 4.69) is 74.4 Å². The second-order valence-electron chi connectivity index (χ2n) is 7.23. The predicted octanol–water partition coefficient (Wildman–Crippen LogP) is 4.98. The van der Waals surface area contributed by atoms with Crippen molar-refractivity contribution in [1.82, 2.24) is 0 Å². The van der Waals surface area contributed by atoms with E-state index in [-0.39, 0.29) is 0 Å². The second-order valence-corrected chi connectivity index (χ2v) is 7.23. The molecule has 4 heteroatoms. The van der Waals surface area contributed by atoms with Crippen molar-refractivity contribution in [2.24, 2.45) is 0 Å². The van der Waals surface area contributed by atoms with Crippen LogP contribution in [-0.4, -0.2) is 28.2 Å². The van der Waals surface area contributed by atoms with Crippen LogP contribution in [0.5, 0.6) is 0 Å². The smallest absolute Gasteiger partial charge is 0.0461 e. The largest absolute Gasteiger partial charge is 0.398 e. The van der Waals surface area contributed by atoms with E-state index < -0.39 is 0 Å². The highest BCUT2D eigenvalue weighted by Crippen LogP contribution is 2.33. The van der Waals surface area contributed by atoms with Gasteiger partial charge in [0.05, 0.1) is 0 Å². The van der Waals surface area contributed by atoms with Crippen molar-refractivity contribution in [2.75, 3.05) is 49.5 Å². The van der Waals surface area contributed by atoms with Crippen LogP contribution in [0.3, 0.4) is 0 Å². The normalized spacial score (nSPS) is 10.4. The molecule has 0 unspecified atom stereocenters. The van der Waals surface area contributed by atoms with Gasteiger partial charge in [-0.2, -0.15) is 0 Å². The van der Waals surface area contributed by atoms with E-state index in [4.69, 9.17) is 11.5 Å². The van der Waals surface area contributed by atoms with Gasteiger partial charge in [0.25, 0.3) is 0 Å². The molecule has 0 bridgehead atoms. The molecule has 0 aliphatic carbocycles. The van der Waals surface area contributed by atoms with Crippen molar-refractivity contribution in [3.8, 4) is 0 Å². The molecular weight excluding hydrogens is 344 g/mol. The van der Waals surface area contributed by atoms with Crippen molar-refractivity contribution in [3.05, 3.63) is 72.8 Å². The summed E-state index contributed by atoms with van der Waals surface area (Å²) < 4.78 is 0. The van der Waals surface area contributed by atoms with Gasteiger partial charge in [-0.15, -0.1) is 0 Å². The molecule has 4 aromatic carbocycles. The maximum atomic E-state index is 5.78. The van der Waals surface area contributed by atoms with Crippen molar-refractivity contribution >= 4 is 44.3 Å². The van der Waals surface area contributed by atoms with Crippen LogP contribution in [0.2, 0.25) is 0 Å². The van der Waals surface area contributed by atoms with Gasteiger partial charge in [-0.25, -0.2) is 0 Å². The Bertz CT molecular complexity index is 1020. The summed E-state index contributed by atoms with van der Waals surface area (Å²) in [6.07, 6.45) is 0. The molecule has 4 nitrogen and oxygen atoms in total. The van der Waals surface area contributed by atoms with Gasteiger partial charge in [-0.1, -0.05) is 48.5 Å². The van der Waals surface area contributed by atoms with Gasteiger partial charge >= 0.3 is 0 Å². The molecule has 0 aliphatic rings. The molecule has 0 heterocycles. The summed E-state index contributed by atoms with van der Waals surface area (Å²) in [5.74, 6) is 0. The first-order valence-corrected chi connectivity index (χ1v) is 9.29. The van der Waals surface area contributed by atoms with Gasteiger partial charge in [0.1, 0.15) is 0 Å². The highest BCUT2D eigenvalue weighted by atomic mass is 15.1. The fourth-order valence-corrected chi connectivity index (χ4v) is 3.45. The molecule has 144 valence electrons. The van der Waals surface area contributed by atoms with Crippen LogP contribution in [0.4, 0.5) is 22.7 Å². The van der Waals surface area contributed by atoms with Gasteiger partial charge in [-0.05, 0) is 35.0 Å². The lowest BCUT2D eigenvalue weighted by atomic mass is 10.1. The summed E-state index contributed by atoms with van der Waals surface area (Å²) >= 11 is 0. The first-order valence-electron chi connectivity index (χ1n) is 9.29. The van der Waals surface area contributed by atoms with Crippen molar-refractivity contribution in [1.29, 1.82) is 0 Å². The van der Waals surface area contributed by atoms with Crippen LogP contribution in [0.1, 0.15) is 0 Å². The fraction of sp³-hybridized carbons (Fsp3) is 0.167. The number of nitrogens with zero attached hydrogens (tertiary/aromatic N) is 2.